The topological polar surface area (TPSA) is 57.2 Å². The van der Waals surface area contributed by atoms with Crippen LogP contribution in [0, 0.1) is 30.4 Å². The molecule has 2 rings (SSSR count). The maximum atomic E-state index is 13.3. The van der Waals surface area contributed by atoms with Gasteiger partial charge in [-0.2, -0.15) is 13.2 Å². The molecular formula is C13H6F7IO3S. The summed E-state index contributed by atoms with van der Waals surface area (Å²) in [5.41, 5.74) is -5.65. The highest BCUT2D eigenvalue weighted by atomic mass is 127. The molecule has 0 saturated heterocycles. The van der Waals surface area contributed by atoms with Crippen LogP contribution < -0.4 is 21.2 Å². The Bertz CT molecular complexity index is 804. The highest BCUT2D eigenvalue weighted by Gasteiger charge is 2.36. The summed E-state index contributed by atoms with van der Waals surface area (Å²) in [5, 5.41) is 0. The van der Waals surface area contributed by atoms with Crippen LogP contribution in [0.3, 0.4) is 0 Å². The number of hydrogen-bond donors (Lipinski definition) is 0. The van der Waals surface area contributed by atoms with E-state index in [1.807, 2.05) is 0 Å². The first-order chi connectivity index (χ1) is 11.3. The Morgan fingerprint density at radius 1 is 0.800 bits per heavy atom. The predicted octanol–water partition coefficient (Wildman–Crippen LogP) is 0.423. The first-order valence-corrected chi connectivity index (χ1v) is 9.45. The van der Waals surface area contributed by atoms with Gasteiger partial charge in [-0.3, -0.25) is 0 Å². The highest BCUT2D eigenvalue weighted by Crippen LogP contribution is 2.20. The van der Waals surface area contributed by atoms with Crippen molar-refractivity contribution >= 4 is 10.1 Å². The molecule has 0 radical (unpaired) electrons. The summed E-state index contributed by atoms with van der Waals surface area (Å²) in [4.78, 5) is 0. The minimum Gasteiger partial charge on any atom is -0.741 e. The third-order valence-electron chi connectivity index (χ3n) is 2.25. The molecule has 0 fully saturated rings. The van der Waals surface area contributed by atoms with Crippen LogP contribution in [0.4, 0.5) is 30.7 Å². The van der Waals surface area contributed by atoms with Crippen molar-refractivity contribution in [2.45, 2.75) is 5.51 Å². The van der Waals surface area contributed by atoms with E-state index >= 15 is 0 Å². The first-order valence-electron chi connectivity index (χ1n) is 5.88. The lowest BCUT2D eigenvalue weighted by molar-refractivity contribution is -0.603. The number of hydrogen-bond acceptors (Lipinski definition) is 3. The summed E-state index contributed by atoms with van der Waals surface area (Å²) in [6.45, 7) is 0. The second-order valence-corrected chi connectivity index (χ2v) is 8.35. The molecule has 0 aliphatic rings. The van der Waals surface area contributed by atoms with E-state index in [4.69, 9.17) is 13.0 Å². The molecule has 0 aliphatic heterocycles. The van der Waals surface area contributed by atoms with Gasteiger partial charge in [-0.25, -0.2) is 26.0 Å². The van der Waals surface area contributed by atoms with Crippen molar-refractivity contribution in [3.8, 4) is 0 Å². The van der Waals surface area contributed by atoms with Crippen LogP contribution in [0.25, 0.3) is 0 Å². The standard InChI is InChI=1S/C12H6F4I.CHF3O3S/c13-7-1-3-11(9(15)5-7)17-12-4-2-8(14)6-10(12)16;2-1(3,4)8(5,6)7/h1-6H;(H,5,6,7)/q+1;/p-1. The molecule has 0 bridgehead atoms. The maximum absolute atomic E-state index is 13.3. The Labute approximate surface area is 147 Å². The van der Waals surface area contributed by atoms with E-state index in [1.54, 1.807) is 0 Å². The number of rotatable bonds is 2. The zero-order valence-corrected chi connectivity index (χ0v) is 14.6. The van der Waals surface area contributed by atoms with E-state index in [9.17, 15) is 30.7 Å². The fourth-order valence-corrected chi connectivity index (χ4v) is 3.38. The molecule has 0 spiro atoms. The van der Waals surface area contributed by atoms with Gasteiger partial charge in [0.15, 0.2) is 21.8 Å². The average Bonchev–Trinajstić information content (AvgIpc) is 2.43. The molecule has 0 aromatic heterocycles. The normalized spacial score (nSPS) is 11.7. The molecule has 0 N–H and O–H groups in total. The smallest absolute Gasteiger partial charge is 0.485 e. The van der Waals surface area contributed by atoms with E-state index in [1.165, 1.54) is 12.1 Å². The predicted molar refractivity (Wildman–Crippen MR) is 65.9 cm³/mol. The number of alkyl halides is 3. The van der Waals surface area contributed by atoms with Crippen LogP contribution in [0.1, 0.15) is 0 Å². The summed E-state index contributed by atoms with van der Waals surface area (Å²) in [6, 6.07) is 6.35. The lowest BCUT2D eigenvalue weighted by atomic mass is 10.3. The van der Waals surface area contributed by atoms with Gasteiger partial charge in [-0.1, -0.05) is 0 Å². The Hall–Kier alpha value is -1.41. The summed E-state index contributed by atoms with van der Waals surface area (Å²) in [7, 11) is -6.09. The molecule has 3 nitrogen and oxygen atoms in total. The molecule has 0 heterocycles. The molecule has 25 heavy (non-hydrogen) atoms. The summed E-state index contributed by atoms with van der Waals surface area (Å²) in [6.07, 6.45) is 0. The van der Waals surface area contributed by atoms with E-state index in [-0.39, 0.29) is 7.14 Å². The molecular weight excluding hydrogens is 496 g/mol. The second-order valence-electron chi connectivity index (χ2n) is 4.11. The summed E-state index contributed by atoms with van der Waals surface area (Å²) < 4.78 is 111. The van der Waals surface area contributed by atoms with Gasteiger partial charge in [0.05, 0.1) is 0 Å². The lowest BCUT2D eigenvalue weighted by Gasteiger charge is -2.08. The Morgan fingerprint density at radius 3 is 1.36 bits per heavy atom. The van der Waals surface area contributed by atoms with Crippen molar-refractivity contribution in [2.24, 2.45) is 0 Å². The van der Waals surface area contributed by atoms with Gasteiger partial charge >= 0.3 is 26.7 Å². The molecule has 0 amide bonds. The second kappa shape index (κ2) is 8.31. The SMILES string of the molecule is Fc1ccc([I+]c2ccc(F)cc2F)c(F)c1.O=S(=O)([O-])C(F)(F)F. The highest BCUT2D eigenvalue weighted by molar-refractivity contribution is 7.86. The van der Waals surface area contributed by atoms with E-state index in [2.05, 4.69) is 0 Å². The first kappa shape index (κ1) is 21.6. The van der Waals surface area contributed by atoms with Gasteiger partial charge < -0.3 is 4.55 Å². The fraction of sp³-hybridized carbons (Fsp3) is 0.0769. The van der Waals surface area contributed by atoms with E-state index in [0.29, 0.717) is 0 Å². The molecule has 138 valence electrons. The average molecular weight is 502 g/mol. The monoisotopic (exact) mass is 502 g/mol. The van der Waals surface area contributed by atoms with Crippen molar-refractivity contribution in [3.63, 3.8) is 0 Å². The molecule has 0 aliphatic carbocycles. The maximum Gasteiger partial charge on any atom is 0.485 e. The molecule has 0 saturated carbocycles. The van der Waals surface area contributed by atoms with Gasteiger partial charge in [0.2, 0.25) is 7.14 Å². The summed E-state index contributed by atoms with van der Waals surface area (Å²) >= 11 is -1.12. The Balaban J connectivity index is 0.000000333. The molecule has 0 unspecified atom stereocenters. The third-order valence-corrected chi connectivity index (χ3v) is 5.73. The molecule has 2 aromatic carbocycles. The van der Waals surface area contributed by atoms with E-state index < -0.39 is 60.1 Å². The minimum atomic E-state index is -6.09. The third kappa shape index (κ3) is 6.78. The Kier molecular flexibility index (Phi) is 7.19. The van der Waals surface area contributed by atoms with Gasteiger partial charge in [0.25, 0.3) is 0 Å². The van der Waals surface area contributed by atoms with Crippen LogP contribution in [0.5, 0.6) is 0 Å². The van der Waals surface area contributed by atoms with Crippen LogP contribution in [0.15, 0.2) is 36.4 Å². The van der Waals surface area contributed by atoms with Crippen molar-refractivity contribution in [3.05, 3.63) is 66.8 Å². The van der Waals surface area contributed by atoms with Crippen molar-refractivity contribution < 1.29 is 64.9 Å². The van der Waals surface area contributed by atoms with Crippen LogP contribution in [-0.4, -0.2) is 18.5 Å². The van der Waals surface area contributed by atoms with Crippen molar-refractivity contribution in [1.29, 1.82) is 0 Å². The quantitative estimate of drug-likeness (QED) is 0.197. The summed E-state index contributed by atoms with van der Waals surface area (Å²) in [5.74, 6) is -2.73. The van der Waals surface area contributed by atoms with Crippen LogP contribution in [-0.2, 0) is 10.1 Å². The largest absolute Gasteiger partial charge is 0.741 e. The van der Waals surface area contributed by atoms with Crippen LogP contribution >= 0.6 is 0 Å². The van der Waals surface area contributed by atoms with Crippen molar-refractivity contribution in [2.75, 3.05) is 0 Å². The van der Waals surface area contributed by atoms with Crippen LogP contribution in [0.2, 0.25) is 0 Å². The lowest BCUT2D eigenvalue weighted by Crippen LogP contribution is -3.62. The van der Waals surface area contributed by atoms with Crippen molar-refractivity contribution in [1.82, 2.24) is 0 Å². The van der Waals surface area contributed by atoms with Gasteiger partial charge in [0.1, 0.15) is 11.6 Å². The number of halogens is 8. The minimum absolute atomic E-state index is 0.274. The molecule has 2 aromatic rings. The van der Waals surface area contributed by atoms with Gasteiger partial charge in [-0.05, 0) is 24.3 Å². The zero-order valence-electron chi connectivity index (χ0n) is 11.6. The van der Waals surface area contributed by atoms with Gasteiger partial charge in [0, 0.05) is 12.1 Å². The Morgan fingerprint density at radius 2 is 1.12 bits per heavy atom. The van der Waals surface area contributed by atoms with Gasteiger partial charge in [-0.15, -0.1) is 0 Å². The molecule has 0 atom stereocenters. The zero-order chi connectivity index (χ0) is 19.4. The number of benzene rings is 2. The van der Waals surface area contributed by atoms with E-state index in [0.717, 1.165) is 24.3 Å². The fourth-order valence-electron chi connectivity index (χ4n) is 1.20. The molecule has 12 heteroatoms.